The van der Waals surface area contributed by atoms with Crippen molar-refractivity contribution in [3.05, 3.63) is 0 Å². The molecular weight excluding hydrogens is 214 g/mol. The van der Waals surface area contributed by atoms with Gasteiger partial charge in [-0.1, -0.05) is 33.1 Å². The van der Waals surface area contributed by atoms with E-state index in [0.29, 0.717) is 24.3 Å². The lowest BCUT2D eigenvalue weighted by atomic mass is 9.87. The van der Waals surface area contributed by atoms with Gasteiger partial charge in [0.2, 0.25) is 5.91 Å². The molecule has 0 aromatic carbocycles. The summed E-state index contributed by atoms with van der Waals surface area (Å²) in [6, 6.07) is 0.290. The first-order valence-corrected chi connectivity index (χ1v) is 7.08. The highest BCUT2D eigenvalue weighted by atomic mass is 16.5. The number of morpholine rings is 1. The number of amides is 1. The Morgan fingerprint density at radius 3 is 2.59 bits per heavy atom. The van der Waals surface area contributed by atoms with Crippen molar-refractivity contribution in [1.29, 1.82) is 0 Å². The molecule has 1 atom stereocenters. The molecule has 1 heterocycles. The minimum atomic E-state index is 0.290. The molecule has 0 aromatic rings. The summed E-state index contributed by atoms with van der Waals surface area (Å²) in [7, 11) is 0. The second-order valence-electron chi connectivity index (χ2n) is 5.75. The van der Waals surface area contributed by atoms with Crippen LogP contribution in [0.25, 0.3) is 0 Å². The van der Waals surface area contributed by atoms with Gasteiger partial charge in [0.15, 0.2) is 0 Å². The molecule has 0 aromatic heterocycles. The zero-order valence-corrected chi connectivity index (χ0v) is 11.2. The molecule has 2 rings (SSSR count). The van der Waals surface area contributed by atoms with Gasteiger partial charge in [-0.2, -0.15) is 0 Å². The normalized spacial score (nSPS) is 27.5. The summed E-state index contributed by atoms with van der Waals surface area (Å²) in [5.41, 5.74) is 0. The van der Waals surface area contributed by atoms with Crippen molar-refractivity contribution in [1.82, 2.24) is 4.90 Å². The Kier molecular flexibility index (Phi) is 4.43. The monoisotopic (exact) mass is 239 g/mol. The van der Waals surface area contributed by atoms with Crippen molar-refractivity contribution in [2.45, 2.75) is 52.0 Å². The Bertz CT molecular complexity index is 259. The maximum absolute atomic E-state index is 12.5. The van der Waals surface area contributed by atoms with Crippen LogP contribution < -0.4 is 0 Å². The van der Waals surface area contributed by atoms with Gasteiger partial charge in [-0.05, 0) is 18.8 Å². The highest BCUT2D eigenvalue weighted by Crippen LogP contribution is 2.27. The fourth-order valence-electron chi connectivity index (χ4n) is 3.03. The molecule has 1 saturated heterocycles. The van der Waals surface area contributed by atoms with Crippen LogP contribution in [-0.2, 0) is 9.53 Å². The van der Waals surface area contributed by atoms with Crippen molar-refractivity contribution in [2.24, 2.45) is 11.8 Å². The van der Waals surface area contributed by atoms with Crippen LogP contribution in [-0.4, -0.2) is 36.6 Å². The highest BCUT2D eigenvalue weighted by Gasteiger charge is 2.33. The molecule has 17 heavy (non-hydrogen) atoms. The van der Waals surface area contributed by atoms with E-state index in [4.69, 9.17) is 4.74 Å². The van der Waals surface area contributed by atoms with Crippen LogP contribution in [0, 0.1) is 11.8 Å². The van der Waals surface area contributed by atoms with E-state index in [1.54, 1.807) is 0 Å². The van der Waals surface area contributed by atoms with Crippen molar-refractivity contribution in [3.63, 3.8) is 0 Å². The van der Waals surface area contributed by atoms with Gasteiger partial charge in [-0.15, -0.1) is 0 Å². The van der Waals surface area contributed by atoms with Crippen LogP contribution in [0.2, 0.25) is 0 Å². The Balaban J connectivity index is 1.99. The number of hydrogen-bond acceptors (Lipinski definition) is 2. The minimum Gasteiger partial charge on any atom is -0.377 e. The lowest BCUT2D eigenvalue weighted by Gasteiger charge is -2.40. The summed E-state index contributed by atoms with van der Waals surface area (Å²) in [6.45, 7) is 6.58. The molecular formula is C14H25NO2. The summed E-state index contributed by atoms with van der Waals surface area (Å²) in [5, 5.41) is 0. The minimum absolute atomic E-state index is 0.290. The smallest absolute Gasteiger partial charge is 0.226 e. The van der Waals surface area contributed by atoms with Crippen molar-refractivity contribution in [3.8, 4) is 0 Å². The molecule has 98 valence electrons. The molecule has 0 unspecified atom stereocenters. The molecule has 3 heteroatoms. The van der Waals surface area contributed by atoms with Gasteiger partial charge < -0.3 is 9.64 Å². The molecule has 3 nitrogen and oxygen atoms in total. The van der Waals surface area contributed by atoms with E-state index >= 15 is 0 Å². The lowest BCUT2D eigenvalue weighted by molar-refractivity contribution is -0.147. The first-order chi connectivity index (χ1) is 8.20. The zero-order valence-electron chi connectivity index (χ0n) is 11.2. The SMILES string of the molecule is CC(C)[C@H]1COCCN1C(=O)C1CCCCC1. The van der Waals surface area contributed by atoms with Crippen molar-refractivity contribution < 1.29 is 9.53 Å². The summed E-state index contributed by atoms with van der Waals surface area (Å²) >= 11 is 0. The fourth-order valence-corrected chi connectivity index (χ4v) is 3.03. The molecule has 1 aliphatic heterocycles. The first kappa shape index (κ1) is 12.9. The maximum Gasteiger partial charge on any atom is 0.226 e. The Morgan fingerprint density at radius 1 is 1.24 bits per heavy atom. The van der Waals surface area contributed by atoms with Gasteiger partial charge in [0.05, 0.1) is 19.3 Å². The third-order valence-corrected chi connectivity index (χ3v) is 4.17. The van der Waals surface area contributed by atoms with Crippen molar-refractivity contribution in [2.75, 3.05) is 19.8 Å². The summed E-state index contributed by atoms with van der Waals surface area (Å²) in [6.07, 6.45) is 5.96. The molecule has 0 bridgehead atoms. The lowest BCUT2D eigenvalue weighted by Crippen LogP contribution is -2.53. The Hall–Kier alpha value is -0.570. The Labute approximate surface area is 105 Å². The predicted molar refractivity (Wildman–Crippen MR) is 67.7 cm³/mol. The largest absolute Gasteiger partial charge is 0.377 e. The van der Waals surface area contributed by atoms with Crippen LogP contribution in [0.15, 0.2) is 0 Å². The molecule has 2 aliphatic rings. The third kappa shape index (κ3) is 3.01. The highest BCUT2D eigenvalue weighted by molar-refractivity contribution is 5.79. The van der Waals surface area contributed by atoms with Gasteiger partial charge in [-0.3, -0.25) is 4.79 Å². The van der Waals surface area contributed by atoms with Gasteiger partial charge >= 0.3 is 0 Å². The molecule has 0 spiro atoms. The van der Waals surface area contributed by atoms with E-state index in [1.165, 1.54) is 19.3 Å². The number of ether oxygens (including phenoxy) is 1. The summed E-state index contributed by atoms with van der Waals surface area (Å²) in [4.78, 5) is 14.6. The number of hydrogen-bond donors (Lipinski definition) is 0. The van der Waals surface area contributed by atoms with Crippen LogP contribution in [0.1, 0.15) is 46.0 Å². The van der Waals surface area contributed by atoms with Crippen LogP contribution in [0.4, 0.5) is 0 Å². The van der Waals surface area contributed by atoms with Gasteiger partial charge in [0, 0.05) is 12.5 Å². The van der Waals surface area contributed by atoms with Crippen molar-refractivity contribution >= 4 is 5.91 Å². The topological polar surface area (TPSA) is 29.5 Å². The first-order valence-electron chi connectivity index (χ1n) is 7.08. The average molecular weight is 239 g/mol. The maximum atomic E-state index is 12.5. The Morgan fingerprint density at radius 2 is 1.94 bits per heavy atom. The predicted octanol–water partition coefficient (Wildman–Crippen LogP) is 2.45. The average Bonchev–Trinajstić information content (AvgIpc) is 2.39. The molecule has 0 N–H and O–H groups in total. The second kappa shape index (κ2) is 5.85. The number of rotatable bonds is 2. The quantitative estimate of drug-likeness (QED) is 0.741. The standard InChI is InChI=1S/C14H25NO2/c1-11(2)13-10-17-9-8-15(13)14(16)12-6-4-3-5-7-12/h11-13H,3-10H2,1-2H3/t13-/m1/s1. The van der Waals surface area contributed by atoms with E-state index < -0.39 is 0 Å². The number of carbonyl (C=O) groups is 1. The van der Waals surface area contributed by atoms with E-state index in [1.807, 2.05) is 0 Å². The summed E-state index contributed by atoms with van der Waals surface area (Å²) < 4.78 is 5.52. The van der Waals surface area contributed by atoms with Crippen LogP contribution in [0.3, 0.4) is 0 Å². The third-order valence-electron chi connectivity index (χ3n) is 4.17. The number of nitrogens with zero attached hydrogens (tertiary/aromatic N) is 1. The second-order valence-corrected chi connectivity index (χ2v) is 5.75. The summed E-state index contributed by atoms with van der Waals surface area (Å²) in [5.74, 6) is 1.18. The zero-order chi connectivity index (χ0) is 12.3. The van der Waals surface area contributed by atoms with Gasteiger partial charge in [0.1, 0.15) is 0 Å². The van der Waals surface area contributed by atoms with Gasteiger partial charge in [-0.25, -0.2) is 0 Å². The van der Waals surface area contributed by atoms with Gasteiger partial charge in [0.25, 0.3) is 0 Å². The number of carbonyl (C=O) groups excluding carboxylic acids is 1. The van der Waals surface area contributed by atoms with Crippen LogP contribution >= 0.6 is 0 Å². The van der Waals surface area contributed by atoms with E-state index in [9.17, 15) is 4.79 Å². The molecule has 0 radical (unpaired) electrons. The molecule has 1 amide bonds. The fraction of sp³-hybridized carbons (Fsp3) is 0.929. The van der Waals surface area contributed by atoms with E-state index in [2.05, 4.69) is 18.7 Å². The molecule has 1 saturated carbocycles. The molecule has 1 aliphatic carbocycles. The van der Waals surface area contributed by atoms with E-state index in [0.717, 1.165) is 26.0 Å². The molecule has 2 fully saturated rings. The van der Waals surface area contributed by atoms with E-state index in [-0.39, 0.29) is 6.04 Å². The van der Waals surface area contributed by atoms with Crippen LogP contribution in [0.5, 0.6) is 0 Å².